The van der Waals surface area contributed by atoms with Gasteiger partial charge in [0.25, 0.3) is 0 Å². The van der Waals surface area contributed by atoms with Gasteiger partial charge in [-0.3, -0.25) is 0 Å². The van der Waals surface area contributed by atoms with Crippen LogP contribution in [0.15, 0.2) is 54.7 Å². The molecule has 0 atom stereocenters. The summed E-state index contributed by atoms with van der Waals surface area (Å²) in [5.74, 6) is 1.54. The lowest BCUT2D eigenvalue weighted by atomic mass is 9.95. The molecule has 0 aliphatic rings. The van der Waals surface area contributed by atoms with Crippen molar-refractivity contribution in [2.45, 2.75) is 40.3 Å². The zero-order chi connectivity index (χ0) is 26.9. The summed E-state index contributed by atoms with van der Waals surface area (Å²) >= 11 is 0. The van der Waals surface area contributed by atoms with E-state index in [4.69, 9.17) is 9.97 Å². The number of aryl methyl sites for hydroxylation is 3. The number of aliphatic hydroxyl groups excluding tert-OH is 1. The van der Waals surface area contributed by atoms with Crippen LogP contribution in [-0.4, -0.2) is 61.9 Å². The topological polar surface area (TPSA) is 136 Å². The number of imidazole rings is 1. The first-order valence-electron chi connectivity index (χ1n) is 12.9. The molecular formula is C28H28N10O. The zero-order valence-electron chi connectivity index (χ0n) is 22.0. The minimum absolute atomic E-state index is 0.00105. The quantitative estimate of drug-likeness (QED) is 0.310. The number of hydrogen-bond acceptors (Lipinski definition) is 8. The number of hydrogen-bond donors (Lipinski definition) is 2. The molecule has 2 aromatic carbocycles. The Labute approximate surface area is 224 Å². The molecule has 0 spiro atoms. The maximum atomic E-state index is 9.22. The molecule has 0 saturated carbocycles. The molecule has 0 unspecified atom stereocenters. The number of tetrazole rings is 1. The summed E-state index contributed by atoms with van der Waals surface area (Å²) in [7, 11) is 0. The summed E-state index contributed by atoms with van der Waals surface area (Å²) < 4.78 is 3.84. The van der Waals surface area contributed by atoms with E-state index in [2.05, 4.69) is 85.7 Å². The summed E-state index contributed by atoms with van der Waals surface area (Å²) in [4.78, 5) is 9.69. The third-order valence-electron chi connectivity index (χ3n) is 6.79. The van der Waals surface area contributed by atoms with Gasteiger partial charge in [0, 0.05) is 23.2 Å². The number of rotatable bonds is 8. The van der Waals surface area contributed by atoms with Gasteiger partial charge in [0.05, 0.1) is 25.9 Å². The van der Waals surface area contributed by atoms with Gasteiger partial charge in [-0.25, -0.2) is 14.6 Å². The molecule has 6 rings (SSSR count). The molecule has 39 heavy (non-hydrogen) atoms. The highest BCUT2D eigenvalue weighted by molar-refractivity contribution is 5.84. The smallest absolute Gasteiger partial charge is 0.205 e. The lowest BCUT2D eigenvalue weighted by Gasteiger charge is -2.12. The van der Waals surface area contributed by atoms with Crippen LogP contribution in [0.1, 0.15) is 29.6 Å². The monoisotopic (exact) mass is 520 g/mol. The first-order chi connectivity index (χ1) is 19.0. The van der Waals surface area contributed by atoms with Gasteiger partial charge >= 0.3 is 0 Å². The molecule has 0 radical (unpaired) electrons. The SMILES string of the molecule is CCc1nc2c(C)cc(C)nc2n1Cc1ccc(-c2cc(-c3cn(CCO)nn3)ccc2-c2nn[nH]n2)cc1. The van der Waals surface area contributed by atoms with Crippen LogP contribution in [0.4, 0.5) is 0 Å². The van der Waals surface area contributed by atoms with E-state index < -0.39 is 0 Å². The third-order valence-corrected chi connectivity index (χ3v) is 6.79. The Balaban J connectivity index is 1.37. The van der Waals surface area contributed by atoms with Gasteiger partial charge in [-0.1, -0.05) is 42.5 Å². The third kappa shape index (κ3) is 4.68. The van der Waals surface area contributed by atoms with E-state index in [9.17, 15) is 5.11 Å². The first-order valence-corrected chi connectivity index (χ1v) is 12.9. The Bertz CT molecular complexity index is 1750. The maximum Gasteiger partial charge on any atom is 0.205 e. The Hall–Kier alpha value is -4.77. The van der Waals surface area contributed by atoms with E-state index in [-0.39, 0.29) is 6.61 Å². The summed E-state index contributed by atoms with van der Waals surface area (Å²) in [6, 6.07) is 16.5. The zero-order valence-corrected chi connectivity index (χ0v) is 22.0. The van der Waals surface area contributed by atoms with Crippen molar-refractivity contribution in [1.29, 1.82) is 0 Å². The highest BCUT2D eigenvalue weighted by Crippen LogP contribution is 2.34. The lowest BCUT2D eigenvalue weighted by molar-refractivity contribution is 0.268. The van der Waals surface area contributed by atoms with Gasteiger partial charge in [0.2, 0.25) is 5.82 Å². The molecule has 0 bridgehead atoms. The molecule has 4 heterocycles. The second kappa shape index (κ2) is 10.2. The summed E-state index contributed by atoms with van der Waals surface area (Å²) in [6.45, 7) is 7.31. The van der Waals surface area contributed by atoms with Crippen LogP contribution in [0.2, 0.25) is 0 Å². The largest absolute Gasteiger partial charge is 0.394 e. The Kier molecular flexibility index (Phi) is 6.41. The van der Waals surface area contributed by atoms with Crippen LogP contribution in [0.5, 0.6) is 0 Å². The highest BCUT2D eigenvalue weighted by Gasteiger charge is 2.16. The Morgan fingerprint density at radius 3 is 2.49 bits per heavy atom. The molecule has 196 valence electrons. The number of aromatic nitrogens is 10. The Morgan fingerprint density at radius 2 is 1.74 bits per heavy atom. The molecule has 0 aliphatic heterocycles. The number of H-pyrrole nitrogens is 1. The Morgan fingerprint density at radius 1 is 0.923 bits per heavy atom. The van der Waals surface area contributed by atoms with E-state index in [0.29, 0.717) is 18.9 Å². The fourth-order valence-corrected chi connectivity index (χ4v) is 4.91. The van der Waals surface area contributed by atoms with Gasteiger partial charge in [-0.05, 0) is 59.5 Å². The standard InChI is InChI=1S/C28H28N10O/c1-4-25-30-26-17(2)13-18(3)29-28(26)38(25)15-19-5-7-20(8-6-19)23-14-21(24-16-37(11-12-39)36-31-24)9-10-22(23)27-32-34-35-33-27/h5-10,13-14,16,39H,4,11-12,15H2,1-3H3,(H,32,33,34,35). The second-order valence-electron chi connectivity index (χ2n) is 9.50. The molecular weight excluding hydrogens is 492 g/mol. The molecule has 0 saturated heterocycles. The van der Waals surface area contributed by atoms with Crippen LogP contribution in [0.25, 0.3) is 44.9 Å². The molecule has 4 aromatic heterocycles. The fraction of sp³-hybridized carbons (Fsp3) is 0.250. The van der Waals surface area contributed by atoms with Crippen molar-refractivity contribution in [3.63, 3.8) is 0 Å². The van der Waals surface area contributed by atoms with E-state index >= 15 is 0 Å². The van der Waals surface area contributed by atoms with Crippen molar-refractivity contribution in [3.05, 3.63) is 77.4 Å². The van der Waals surface area contributed by atoms with Crippen molar-refractivity contribution in [3.8, 4) is 33.8 Å². The van der Waals surface area contributed by atoms with Gasteiger partial charge < -0.3 is 9.67 Å². The highest BCUT2D eigenvalue weighted by atomic mass is 16.3. The van der Waals surface area contributed by atoms with Crippen LogP contribution < -0.4 is 0 Å². The molecule has 0 fully saturated rings. The predicted molar refractivity (Wildman–Crippen MR) is 147 cm³/mol. The molecule has 11 heteroatoms. The molecule has 2 N–H and O–H groups in total. The average molecular weight is 521 g/mol. The van der Waals surface area contributed by atoms with Crippen LogP contribution >= 0.6 is 0 Å². The number of nitrogens with one attached hydrogen (secondary N) is 1. The van der Waals surface area contributed by atoms with E-state index in [1.807, 2.05) is 25.3 Å². The minimum atomic E-state index is 0.00105. The van der Waals surface area contributed by atoms with Crippen molar-refractivity contribution in [2.24, 2.45) is 0 Å². The molecule has 0 amide bonds. The normalized spacial score (nSPS) is 11.5. The average Bonchev–Trinajstić information content (AvgIpc) is 3.70. The van der Waals surface area contributed by atoms with Gasteiger partial charge in [-0.15, -0.1) is 15.3 Å². The van der Waals surface area contributed by atoms with E-state index in [1.165, 1.54) is 0 Å². The van der Waals surface area contributed by atoms with Gasteiger partial charge in [-0.2, -0.15) is 5.21 Å². The fourth-order valence-electron chi connectivity index (χ4n) is 4.91. The predicted octanol–water partition coefficient (Wildman–Crippen LogP) is 3.76. The number of benzene rings is 2. The summed E-state index contributed by atoms with van der Waals surface area (Å²) in [5.41, 5.74) is 9.62. The molecule has 0 aliphatic carbocycles. The van der Waals surface area contributed by atoms with Crippen LogP contribution in [-0.2, 0) is 19.5 Å². The van der Waals surface area contributed by atoms with Crippen LogP contribution in [0.3, 0.4) is 0 Å². The molecule has 11 nitrogen and oxygen atoms in total. The molecule has 6 aromatic rings. The number of nitrogens with zero attached hydrogens (tertiary/aromatic N) is 9. The number of aromatic amines is 1. The minimum Gasteiger partial charge on any atom is -0.394 e. The van der Waals surface area contributed by atoms with Crippen LogP contribution in [0, 0.1) is 13.8 Å². The summed E-state index contributed by atoms with van der Waals surface area (Å²) in [6.07, 6.45) is 2.65. The number of fused-ring (bicyclic) bond motifs is 1. The van der Waals surface area contributed by atoms with E-state index in [1.54, 1.807) is 4.68 Å². The van der Waals surface area contributed by atoms with Crippen molar-refractivity contribution >= 4 is 11.2 Å². The second-order valence-corrected chi connectivity index (χ2v) is 9.50. The van der Waals surface area contributed by atoms with E-state index in [0.717, 1.165) is 68.2 Å². The van der Waals surface area contributed by atoms with Crippen molar-refractivity contribution in [1.82, 2.24) is 50.2 Å². The first kappa shape index (κ1) is 24.6. The van der Waals surface area contributed by atoms with Gasteiger partial charge in [0.15, 0.2) is 5.65 Å². The van der Waals surface area contributed by atoms with Gasteiger partial charge in [0.1, 0.15) is 17.0 Å². The van der Waals surface area contributed by atoms with Crippen molar-refractivity contribution < 1.29 is 5.11 Å². The van der Waals surface area contributed by atoms with Crippen molar-refractivity contribution in [2.75, 3.05) is 6.61 Å². The number of pyridine rings is 1. The maximum absolute atomic E-state index is 9.22. The lowest BCUT2D eigenvalue weighted by Crippen LogP contribution is -2.05. The number of aliphatic hydroxyl groups is 1. The summed E-state index contributed by atoms with van der Waals surface area (Å²) in [5, 5.41) is 32.3.